The quantitative estimate of drug-likeness (QED) is 0.771. The number of sulfonamides is 1. The molecule has 0 saturated carbocycles. The van der Waals surface area contributed by atoms with Crippen LogP contribution in [0.2, 0.25) is 0 Å². The second-order valence-corrected chi connectivity index (χ2v) is 6.48. The third kappa shape index (κ3) is 2.13. The smallest absolute Gasteiger partial charge is 0.262 e. The van der Waals surface area contributed by atoms with Crippen molar-refractivity contribution in [2.24, 2.45) is 0 Å². The van der Waals surface area contributed by atoms with E-state index in [0.29, 0.717) is 17.2 Å². The van der Waals surface area contributed by atoms with Crippen LogP contribution in [0.5, 0.6) is 11.5 Å². The number of rotatable bonds is 3. The number of aromatic nitrogens is 2. The van der Waals surface area contributed by atoms with E-state index in [4.69, 9.17) is 9.47 Å². The molecular weight excluding hydrogens is 306 g/mol. The Morgan fingerprint density at radius 3 is 2.86 bits per heavy atom. The van der Waals surface area contributed by atoms with E-state index in [-0.39, 0.29) is 11.7 Å². The number of nitrogens with one attached hydrogen (secondary N) is 2. The van der Waals surface area contributed by atoms with Crippen LogP contribution >= 0.6 is 0 Å². The zero-order valence-electron chi connectivity index (χ0n) is 11.2. The van der Waals surface area contributed by atoms with Crippen molar-refractivity contribution in [1.82, 2.24) is 10.2 Å². The molecule has 2 heterocycles. The predicted octanol–water partition coefficient (Wildman–Crippen LogP) is 2.09. The number of aromatic amines is 1. The molecule has 112 valence electrons. The Labute approximate surface area is 125 Å². The summed E-state index contributed by atoms with van der Waals surface area (Å²) in [6.07, 6.45) is 1.67. The van der Waals surface area contributed by atoms with Crippen LogP contribution in [0.4, 0.5) is 5.69 Å². The molecule has 3 aromatic rings. The van der Waals surface area contributed by atoms with Gasteiger partial charge in [0.1, 0.15) is 0 Å². The standard InChI is InChI=1S/C14H11N3O4S/c18-22(19,11-3-4-13-14(6-11)21-8-20-13)17-10-2-1-9-7-15-16-12(9)5-10/h1-7,17H,8H2,(H,15,16). The van der Waals surface area contributed by atoms with Gasteiger partial charge in [-0.05, 0) is 30.3 Å². The van der Waals surface area contributed by atoms with Crippen molar-refractivity contribution in [3.63, 3.8) is 0 Å². The molecule has 0 saturated heterocycles. The normalized spacial score (nSPS) is 13.5. The summed E-state index contributed by atoms with van der Waals surface area (Å²) in [7, 11) is -3.71. The van der Waals surface area contributed by atoms with Gasteiger partial charge < -0.3 is 9.47 Å². The molecule has 8 heteroatoms. The third-order valence-electron chi connectivity index (χ3n) is 3.35. The largest absolute Gasteiger partial charge is 0.454 e. The van der Waals surface area contributed by atoms with Crippen molar-refractivity contribution in [3.8, 4) is 11.5 Å². The fourth-order valence-corrected chi connectivity index (χ4v) is 3.32. The van der Waals surface area contributed by atoms with Gasteiger partial charge >= 0.3 is 0 Å². The summed E-state index contributed by atoms with van der Waals surface area (Å²) in [4.78, 5) is 0.112. The van der Waals surface area contributed by atoms with E-state index >= 15 is 0 Å². The molecule has 0 aliphatic carbocycles. The first kappa shape index (κ1) is 13.0. The number of fused-ring (bicyclic) bond motifs is 2. The number of hydrogen-bond donors (Lipinski definition) is 2. The maximum Gasteiger partial charge on any atom is 0.262 e. The molecule has 22 heavy (non-hydrogen) atoms. The van der Waals surface area contributed by atoms with Gasteiger partial charge in [-0.25, -0.2) is 8.42 Å². The summed E-state index contributed by atoms with van der Waals surface area (Å²) in [6, 6.07) is 9.66. The van der Waals surface area contributed by atoms with E-state index < -0.39 is 10.0 Å². The lowest BCUT2D eigenvalue weighted by atomic mass is 10.2. The molecule has 2 N–H and O–H groups in total. The molecular formula is C14H11N3O4S. The fraction of sp³-hybridized carbons (Fsp3) is 0.0714. The van der Waals surface area contributed by atoms with Crippen LogP contribution in [-0.2, 0) is 10.0 Å². The highest BCUT2D eigenvalue weighted by atomic mass is 32.2. The number of ether oxygens (including phenoxy) is 2. The van der Waals surface area contributed by atoms with Gasteiger partial charge in [-0.3, -0.25) is 9.82 Å². The van der Waals surface area contributed by atoms with Gasteiger partial charge in [-0.2, -0.15) is 5.10 Å². The Hall–Kier alpha value is -2.74. The number of H-pyrrole nitrogens is 1. The molecule has 0 radical (unpaired) electrons. The molecule has 0 spiro atoms. The summed E-state index contributed by atoms with van der Waals surface area (Å²) >= 11 is 0. The van der Waals surface area contributed by atoms with Crippen LogP contribution in [-0.4, -0.2) is 25.4 Å². The predicted molar refractivity (Wildman–Crippen MR) is 79.5 cm³/mol. The zero-order valence-corrected chi connectivity index (χ0v) is 12.1. The van der Waals surface area contributed by atoms with Crippen LogP contribution < -0.4 is 14.2 Å². The zero-order chi connectivity index (χ0) is 15.2. The minimum absolute atomic E-state index is 0.1000. The molecule has 0 atom stereocenters. The van der Waals surface area contributed by atoms with Crippen LogP contribution in [0.1, 0.15) is 0 Å². The molecule has 4 rings (SSSR count). The highest BCUT2D eigenvalue weighted by Gasteiger charge is 2.20. The van der Waals surface area contributed by atoms with Crippen LogP contribution in [0.3, 0.4) is 0 Å². The van der Waals surface area contributed by atoms with Gasteiger partial charge in [-0.15, -0.1) is 0 Å². The van der Waals surface area contributed by atoms with Crippen molar-refractivity contribution < 1.29 is 17.9 Å². The minimum Gasteiger partial charge on any atom is -0.454 e. The summed E-state index contributed by atoms with van der Waals surface area (Å²) in [6.45, 7) is 0.1000. The van der Waals surface area contributed by atoms with Crippen LogP contribution in [0.15, 0.2) is 47.5 Å². The average Bonchev–Trinajstić information content (AvgIpc) is 3.14. The van der Waals surface area contributed by atoms with Crippen molar-refractivity contribution in [2.45, 2.75) is 4.90 Å². The van der Waals surface area contributed by atoms with Crippen molar-refractivity contribution in [1.29, 1.82) is 0 Å². The summed E-state index contributed by atoms with van der Waals surface area (Å²) in [5.74, 6) is 0.963. The molecule has 2 aromatic carbocycles. The van der Waals surface area contributed by atoms with Gasteiger partial charge in [-0.1, -0.05) is 0 Å². The Morgan fingerprint density at radius 1 is 1.09 bits per heavy atom. The lowest BCUT2D eigenvalue weighted by Crippen LogP contribution is -2.12. The van der Waals surface area contributed by atoms with Gasteiger partial charge in [0.05, 0.1) is 22.3 Å². The highest BCUT2D eigenvalue weighted by molar-refractivity contribution is 7.92. The molecule has 0 bridgehead atoms. The van der Waals surface area contributed by atoms with Crippen LogP contribution in [0, 0.1) is 0 Å². The fourth-order valence-electron chi connectivity index (χ4n) is 2.26. The van der Waals surface area contributed by atoms with Crippen molar-refractivity contribution in [3.05, 3.63) is 42.6 Å². The molecule has 1 aromatic heterocycles. The Bertz CT molecular complexity index is 965. The Morgan fingerprint density at radius 2 is 1.95 bits per heavy atom. The number of benzene rings is 2. The summed E-state index contributed by atoms with van der Waals surface area (Å²) in [5, 5.41) is 7.61. The van der Waals surface area contributed by atoms with E-state index in [0.717, 1.165) is 10.9 Å². The first-order valence-corrected chi connectivity index (χ1v) is 7.96. The SMILES string of the molecule is O=S(=O)(Nc1ccc2cn[nH]c2c1)c1ccc2c(c1)OCO2. The summed E-state index contributed by atoms with van der Waals surface area (Å²) in [5.41, 5.74) is 1.21. The minimum atomic E-state index is -3.71. The second kappa shape index (κ2) is 4.63. The van der Waals surface area contributed by atoms with Gasteiger partial charge in [0.25, 0.3) is 10.0 Å². The van der Waals surface area contributed by atoms with E-state index in [1.165, 1.54) is 12.1 Å². The van der Waals surface area contributed by atoms with Gasteiger partial charge in [0.2, 0.25) is 6.79 Å². The average molecular weight is 317 g/mol. The molecule has 0 fully saturated rings. The molecule has 0 unspecified atom stereocenters. The second-order valence-electron chi connectivity index (χ2n) is 4.79. The van der Waals surface area contributed by atoms with E-state index in [9.17, 15) is 8.42 Å². The topological polar surface area (TPSA) is 93.3 Å². The van der Waals surface area contributed by atoms with Gasteiger partial charge in [0, 0.05) is 11.5 Å². The van der Waals surface area contributed by atoms with E-state index in [1.807, 2.05) is 0 Å². The first-order valence-electron chi connectivity index (χ1n) is 6.47. The number of hydrogen-bond acceptors (Lipinski definition) is 5. The highest BCUT2D eigenvalue weighted by Crippen LogP contribution is 2.34. The third-order valence-corrected chi connectivity index (χ3v) is 4.73. The summed E-state index contributed by atoms with van der Waals surface area (Å²) < 4.78 is 37.8. The number of nitrogens with zero attached hydrogens (tertiary/aromatic N) is 1. The van der Waals surface area contributed by atoms with Crippen molar-refractivity contribution >= 4 is 26.6 Å². The molecule has 7 nitrogen and oxygen atoms in total. The molecule has 1 aliphatic heterocycles. The first-order chi connectivity index (χ1) is 10.6. The van der Waals surface area contributed by atoms with Crippen molar-refractivity contribution in [2.75, 3.05) is 11.5 Å². The molecule has 1 aliphatic rings. The maximum atomic E-state index is 12.4. The Kier molecular flexibility index (Phi) is 2.73. The maximum absolute atomic E-state index is 12.4. The van der Waals surface area contributed by atoms with E-state index in [2.05, 4.69) is 14.9 Å². The molecule has 0 amide bonds. The monoisotopic (exact) mass is 317 g/mol. The van der Waals surface area contributed by atoms with Gasteiger partial charge in [0.15, 0.2) is 11.5 Å². The van der Waals surface area contributed by atoms with Crippen LogP contribution in [0.25, 0.3) is 10.9 Å². The number of anilines is 1. The lowest BCUT2D eigenvalue weighted by Gasteiger charge is -2.08. The van der Waals surface area contributed by atoms with E-state index in [1.54, 1.807) is 30.5 Å². The lowest BCUT2D eigenvalue weighted by molar-refractivity contribution is 0.174. The Balaban J connectivity index is 1.68.